The summed E-state index contributed by atoms with van der Waals surface area (Å²) in [5.41, 5.74) is 0. The second-order valence-corrected chi connectivity index (χ2v) is 5.55. The largest absolute Gasteiger partial charge is 0.469 e. The Kier molecular flexibility index (Phi) is 3.85. The number of esters is 1. The first kappa shape index (κ1) is 12.6. The zero-order valence-corrected chi connectivity index (χ0v) is 10.8. The van der Waals surface area contributed by atoms with E-state index < -0.39 is 0 Å². The molecule has 17 heavy (non-hydrogen) atoms. The van der Waals surface area contributed by atoms with E-state index in [0.29, 0.717) is 18.6 Å². The fourth-order valence-corrected chi connectivity index (χ4v) is 3.27. The van der Waals surface area contributed by atoms with Crippen LogP contribution in [0.3, 0.4) is 0 Å². The lowest BCUT2D eigenvalue weighted by Gasteiger charge is -2.17. The van der Waals surface area contributed by atoms with Gasteiger partial charge >= 0.3 is 5.97 Å². The molecule has 0 aliphatic heterocycles. The lowest BCUT2D eigenvalue weighted by atomic mass is 9.87. The van der Waals surface area contributed by atoms with Crippen molar-refractivity contribution < 1.29 is 14.3 Å². The minimum atomic E-state index is -0.169. The van der Waals surface area contributed by atoms with Crippen LogP contribution in [0, 0.1) is 23.7 Å². The number of methoxy groups -OCH3 is 1. The van der Waals surface area contributed by atoms with E-state index in [9.17, 15) is 9.59 Å². The van der Waals surface area contributed by atoms with Crippen molar-refractivity contribution in [2.24, 2.45) is 23.7 Å². The van der Waals surface area contributed by atoms with Gasteiger partial charge in [0.2, 0.25) is 0 Å². The predicted molar refractivity (Wildman–Crippen MR) is 64.4 cm³/mol. The Morgan fingerprint density at radius 1 is 1.35 bits per heavy atom. The summed E-state index contributed by atoms with van der Waals surface area (Å²) in [4.78, 5) is 23.2. The highest BCUT2D eigenvalue weighted by molar-refractivity contribution is 5.84. The van der Waals surface area contributed by atoms with Gasteiger partial charge in [-0.3, -0.25) is 9.59 Å². The molecule has 2 fully saturated rings. The molecule has 0 aromatic carbocycles. The molecule has 2 saturated carbocycles. The van der Waals surface area contributed by atoms with Crippen molar-refractivity contribution in [1.82, 2.24) is 0 Å². The zero-order valence-electron chi connectivity index (χ0n) is 10.8. The van der Waals surface area contributed by atoms with E-state index in [1.165, 1.54) is 20.0 Å². The Bertz CT molecular complexity index is 311. The van der Waals surface area contributed by atoms with Gasteiger partial charge in [-0.1, -0.05) is 13.3 Å². The van der Waals surface area contributed by atoms with Crippen molar-refractivity contribution >= 4 is 11.8 Å². The van der Waals surface area contributed by atoms with Crippen molar-refractivity contribution in [3.05, 3.63) is 0 Å². The van der Waals surface area contributed by atoms with Crippen LogP contribution in [0.2, 0.25) is 0 Å². The van der Waals surface area contributed by atoms with E-state index in [-0.39, 0.29) is 17.8 Å². The number of hydrogen-bond donors (Lipinski definition) is 0. The molecule has 0 saturated heterocycles. The first-order valence-electron chi connectivity index (χ1n) is 6.75. The van der Waals surface area contributed by atoms with Crippen molar-refractivity contribution in [2.75, 3.05) is 7.11 Å². The molecule has 2 aliphatic carbocycles. The van der Waals surface area contributed by atoms with Crippen molar-refractivity contribution in [3.8, 4) is 0 Å². The summed E-state index contributed by atoms with van der Waals surface area (Å²) < 4.78 is 4.71. The Morgan fingerprint density at radius 2 is 2.12 bits per heavy atom. The summed E-state index contributed by atoms with van der Waals surface area (Å²) in [7, 11) is 1.42. The standard InChI is InChI=1S/C14H22O3/c1-3-9-6-11(9)7-12-10(4-5-13(12)15)8-14(16)17-2/h9-12H,3-8H2,1-2H3/t9?,10-,11?,12-/m0/s1. The highest BCUT2D eigenvalue weighted by atomic mass is 16.5. The molecule has 0 N–H and O–H groups in total. The Hall–Kier alpha value is -0.860. The maximum Gasteiger partial charge on any atom is 0.305 e. The molecule has 2 unspecified atom stereocenters. The summed E-state index contributed by atoms with van der Waals surface area (Å²) in [6.07, 6.45) is 5.49. The van der Waals surface area contributed by atoms with Crippen LogP contribution in [0.4, 0.5) is 0 Å². The van der Waals surface area contributed by atoms with Gasteiger partial charge in [-0.15, -0.1) is 0 Å². The molecule has 4 atom stereocenters. The molecule has 96 valence electrons. The monoisotopic (exact) mass is 238 g/mol. The molecular formula is C14H22O3. The van der Waals surface area contributed by atoms with Crippen molar-refractivity contribution in [3.63, 3.8) is 0 Å². The van der Waals surface area contributed by atoms with Crippen LogP contribution in [-0.4, -0.2) is 18.9 Å². The zero-order chi connectivity index (χ0) is 12.4. The number of carbonyl (C=O) groups excluding carboxylic acids is 2. The maximum atomic E-state index is 11.9. The van der Waals surface area contributed by atoms with Crippen LogP contribution in [0.15, 0.2) is 0 Å². The fourth-order valence-electron chi connectivity index (χ4n) is 3.27. The van der Waals surface area contributed by atoms with Gasteiger partial charge in [0.25, 0.3) is 0 Å². The molecule has 3 heteroatoms. The third-order valence-electron chi connectivity index (χ3n) is 4.55. The summed E-state index contributed by atoms with van der Waals surface area (Å²) in [5, 5.41) is 0. The molecule has 2 aliphatic rings. The van der Waals surface area contributed by atoms with Crippen LogP contribution in [0.5, 0.6) is 0 Å². The van der Waals surface area contributed by atoms with E-state index in [1.54, 1.807) is 0 Å². The lowest BCUT2D eigenvalue weighted by molar-refractivity contribution is -0.142. The molecule has 0 radical (unpaired) electrons. The maximum absolute atomic E-state index is 11.9. The predicted octanol–water partition coefficient (Wildman–Crippen LogP) is 2.58. The number of ether oxygens (including phenoxy) is 1. The first-order chi connectivity index (χ1) is 8.15. The van der Waals surface area contributed by atoms with Gasteiger partial charge in [-0.25, -0.2) is 0 Å². The van der Waals surface area contributed by atoms with Gasteiger partial charge in [0.05, 0.1) is 7.11 Å². The Balaban J connectivity index is 1.88. The van der Waals surface area contributed by atoms with Crippen LogP contribution < -0.4 is 0 Å². The van der Waals surface area contributed by atoms with Gasteiger partial charge in [0.1, 0.15) is 5.78 Å². The molecule has 0 aromatic rings. The number of carbonyl (C=O) groups is 2. The normalized spacial score (nSPS) is 36.0. The SMILES string of the molecule is CCC1CC1C[C@@H]1C(=O)CC[C@H]1CC(=O)OC. The van der Waals surface area contributed by atoms with Crippen molar-refractivity contribution in [2.45, 2.75) is 45.4 Å². The number of ketones is 1. The summed E-state index contributed by atoms with van der Waals surface area (Å²) in [6, 6.07) is 0. The highest BCUT2D eigenvalue weighted by Crippen LogP contribution is 2.48. The number of rotatable bonds is 5. The van der Waals surface area contributed by atoms with E-state index in [0.717, 1.165) is 24.7 Å². The third-order valence-corrected chi connectivity index (χ3v) is 4.55. The smallest absolute Gasteiger partial charge is 0.305 e. The summed E-state index contributed by atoms with van der Waals surface area (Å²) >= 11 is 0. The van der Waals surface area contributed by atoms with Crippen LogP contribution >= 0.6 is 0 Å². The Morgan fingerprint density at radius 3 is 2.71 bits per heavy atom. The van der Waals surface area contributed by atoms with Gasteiger partial charge < -0.3 is 4.74 Å². The van der Waals surface area contributed by atoms with E-state index in [4.69, 9.17) is 4.74 Å². The number of Topliss-reactive ketones (excluding diaryl/α,β-unsaturated/α-hetero) is 1. The molecule has 0 spiro atoms. The molecule has 0 amide bonds. The summed E-state index contributed by atoms with van der Waals surface area (Å²) in [6.45, 7) is 2.22. The highest BCUT2D eigenvalue weighted by Gasteiger charge is 2.43. The fraction of sp³-hybridized carbons (Fsp3) is 0.857. The topological polar surface area (TPSA) is 43.4 Å². The van der Waals surface area contributed by atoms with Gasteiger partial charge in [-0.05, 0) is 37.0 Å². The van der Waals surface area contributed by atoms with Gasteiger partial charge in [0, 0.05) is 18.8 Å². The molecule has 3 nitrogen and oxygen atoms in total. The minimum absolute atomic E-state index is 0.135. The first-order valence-corrected chi connectivity index (χ1v) is 6.75. The van der Waals surface area contributed by atoms with E-state index >= 15 is 0 Å². The second-order valence-electron chi connectivity index (χ2n) is 5.55. The molecule has 0 heterocycles. The van der Waals surface area contributed by atoms with Gasteiger partial charge in [-0.2, -0.15) is 0 Å². The van der Waals surface area contributed by atoms with Crippen LogP contribution in [0.1, 0.15) is 45.4 Å². The molecule has 0 aromatic heterocycles. The van der Waals surface area contributed by atoms with Crippen molar-refractivity contribution in [1.29, 1.82) is 0 Å². The Labute approximate surface area is 103 Å². The average molecular weight is 238 g/mol. The second kappa shape index (κ2) is 5.19. The minimum Gasteiger partial charge on any atom is -0.469 e. The molecule has 2 rings (SSSR count). The lowest BCUT2D eigenvalue weighted by Crippen LogP contribution is -2.19. The average Bonchev–Trinajstić information content (AvgIpc) is 3.01. The third kappa shape index (κ3) is 2.88. The summed E-state index contributed by atoms with van der Waals surface area (Å²) in [5.74, 6) is 2.16. The van der Waals surface area contributed by atoms with Crippen LogP contribution in [0.25, 0.3) is 0 Å². The quantitative estimate of drug-likeness (QED) is 0.691. The number of hydrogen-bond acceptors (Lipinski definition) is 3. The molecule has 0 bridgehead atoms. The van der Waals surface area contributed by atoms with Gasteiger partial charge in [0.15, 0.2) is 0 Å². The van der Waals surface area contributed by atoms with E-state index in [1.807, 2.05) is 0 Å². The molecular weight excluding hydrogens is 216 g/mol. The van der Waals surface area contributed by atoms with Crippen LogP contribution in [-0.2, 0) is 14.3 Å². The van der Waals surface area contributed by atoms with E-state index in [2.05, 4.69) is 6.92 Å².